The van der Waals surface area contributed by atoms with E-state index in [4.69, 9.17) is 4.74 Å². The van der Waals surface area contributed by atoms with Gasteiger partial charge in [0.1, 0.15) is 22.8 Å². The molecule has 2 aromatic carbocycles. The van der Waals surface area contributed by atoms with Gasteiger partial charge < -0.3 is 19.8 Å². The van der Waals surface area contributed by atoms with Gasteiger partial charge in [-0.1, -0.05) is 0 Å². The number of rotatable bonds is 5. The van der Waals surface area contributed by atoms with E-state index >= 15 is 0 Å². The number of benzene rings is 2. The summed E-state index contributed by atoms with van der Waals surface area (Å²) in [6.07, 6.45) is 4.15. The molecule has 2 N–H and O–H groups in total. The van der Waals surface area contributed by atoms with Crippen molar-refractivity contribution in [2.75, 3.05) is 19.6 Å². The molecule has 5 heteroatoms. The molecule has 2 aromatic rings. The molecule has 0 aliphatic carbocycles. The predicted molar refractivity (Wildman–Crippen MR) is 103 cm³/mol. The molecule has 0 amide bonds. The van der Waals surface area contributed by atoms with Crippen molar-refractivity contribution in [1.29, 1.82) is 0 Å². The number of ketones is 1. The highest BCUT2D eigenvalue weighted by molar-refractivity contribution is 5.96. The molecule has 5 nitrogen and oxygen atoms in total. The molecule has 1 saturated heterocycles. The van der Waals surface area contributed by atoms with Crippen LogP contribution >= 0.6 is 0 Å². The van der Waals surface area contributed by atoms with Crippen LogP contribution in [0.4, 0.5) is 0 Å². The van der Waals surface area contributed by atoms with E-state index in [1.807, 2.05) is 12.1 Å². The number of ether oxygens (including phenoxy) is 1. The van der Waals surface area contributed by atoms with Gasteiger partial charge in [-0.25, -0.2) is 0 Å². The van der Waals surface area contributed by atoms with Gasteiger partial charge in [0.15, 0.2) is 5.78 Å². The largest absolute Gasteiger partial charge is 0.508 e. The maximum absolute atomic E-state index is 12.2. The van der Waals surface area contributed by atoms with Crippen LogP contribution in [0, 0.1) is 0 Å². The topological polar surface area (TPSA) is 70.0 Å². The molecule has 0 saturated carbocycles. The summed E-state index contributed by atoms with van der Waals surface area (Å²) in [5, 5.41) is 19.0. The molecule has 27 heavy (non-hydrogen) atoms. The van der Waals surface area contributed by atoms with Crippen LogP contribution < -0.4 is 4.74 Å². The lowest BCUT2D eigenvalue weighted by Crippen LogP contribution is -2.47. The molecule has 142 valence electrons. The zero-order valence-electron chi connectivity index (χ0n) is 15.4. The molecule has 1 spiro atoms. The third kappa shape index (κ3) is 3.93. The second-order valence-corrected chi connectivity index (χ2v) is 7.67. The second-order valence-electron chi connectivity index (χ2n) is 7.67. The lowest BCUT2D eigenvalue weighted by molar-refractivity contribution is 0.0190. The van der Waals surface area contributed by atoms with Gasteiger partial charge in [0.25, 0.3) is 0 Å². The van der Waals surface area contributed by atoms with Crippen molar-refractivity contribution < 1.29 is 19.7 Å². The summed E-state index contributed by atoms with van der Waals surface area (Å²) in [5.74, 6) is 1.50. The van der Waals surface area contributed by atoms with E-state index < -0.39 is 0 Å². The summed E-state index contributed by atoms with van der Waals surface area (Å²) in [6.45, 7) is 2.84. The highest BCUT2D eigenvalue weighted by Gasteiger charge is 2.41. The first-order valence-corrected chi connectivity index (χ1v) is 9.59. The van der Waals surface area contributed by atoms with Crippen LogP contribution in [0.5, 0.6) is 17.2 Å². The van der Waals surface area contributed by atoms with Crippen molar-refractivity contribution in [3.05, 3.63) is 53.6 Å². The molecule has 0 radical (unpaired) electrons. The molecule has 0 aromatic heterocycles. The van der Waals surface area contributed by atoms with Gasteiger partial charge in [0.2, 0.25) is 0 Å². The molecule has 4 rings (SSSR count). The van der Waals surface area contributed by atoms with E-state index in [0.29, 0.717) is 17.7 Å². The quantitative estimate of drug-likeness (QED) is 0.791. The fraction of sp³-hybridized carbons (Fsp3) is 0.409. The Labute approximate surface area is 159 Å². The minimum Gasteiger partial charge on any atom is -0.508 e. The van der Waals surface area contributed by atoms with E-state index in [1.54, 1.807) is 30.3 Å². The highest BCUT2D eigenvalue weighted by Crippen LogP contribution is 2.42. The maximum atomic E-state index is 12.2. The van der Waals surface area contributed by atoms with Crippen LogP contribution in [-0.4, -0.2) is 46.1 Å². The number of phenols is 2. The number of carbonyl (C=O) groups is 1. The van der Waals surface area contributed by atoms with Crippen LogP contribution in [0.1, 0.15) is 41.6 Å². The second kappa shape index (κ2) is 7.24. The number of hydrogen-bond donors (Lipinski definition) is 2. The van der Waals surface area contributed by atoms with E-state index in [-0.39, 0.29) is 17.1 Å². The van der Waals surface area contributed by atoms with Gasteiger partial charge in [-0.2, -0.15) is 0 Å². The van der Waals surface area contributed by atoms with E-state index in [2.05, 4.69) is 4.90 Å². The van der Waals surface area contributed by atoms with Crippen molar-refractivity contribution in [2.24, 2.45) is 0 Å². The Bertz CT molecular complexity index is 823. The van der Waals surface area contributed by atoms with Crippen molar-refractivity contribution in [3.8, 4) is 17.2 Å². The van der Waals surface area contributed by atoms with Crippen molar-refractivity contribution in [1.82, 2.24) is 4.90 Å². The van der Waals surface area contributed by atoms with Crippen LogP contribution in [-0.2, 0) is 6.42 Å². The van der Waals surface area contributed by atoms with Gasteiger partial charge in [0, 0.05) is 49.9 Å². The minimum absolute atomic E-state index is 0.123. The van der Waals surface area contributed by atoms with Gasteiger partial charge in [-0.15, -0.1) is 0 Å². The Balaban J connectivity index is 1.23. The van der Waals surface area contributed by atoms with Gasteiger partial charge in [-0.05, 0) is 55.4 Å². The van der Waals surface area contributed by atoms with Gasteiger partial charge in [0.05, 0.1) is 0 Å². The number of fused-ring (bicyclic) bond motifs is 1. The SMILES string of the molecule is O=C(CCCN1CCC2(CC1)Cc1cc(O)ccc1O2)c1ccc(O)cc1. The van der Waals surface area contributed by atoms with Crippen LogP contribution in [0.2, 0.25) is 0 Å². The van der Waals surface area contributed by atoms with Gasteiger partial charge >= 0.3 is 0 Å². The van der Waals surface area contributed by atoms with Gasteiger partial charge in [-0.3, -0.25) is 4.79 Å². The number of nitrogens with zero attached hydrogens (tertiary/aromatic N) is 1. The fourth-order valence-corrected chi connectivity index (χ4v) is 4.14. The molecule has 0 unspecified atom stereocenters. The summed E-state index contributed by atoms with van der Waals surface area (Å²) in [4.78, 5) is 14.6. The number of hydrogen-bond acceptors (Lipinski definition) is 5. The van der Waals surface area contributed by atoms with E-state index in [9.17, 15) is 15.0 Å². The maximum Gasteiger partial charge on any atom is 0.162 e. The first-order chi connectivity index (χ1) is 13.0. The van der Waals surface area contributed by atoms with Crippen molar-refractivity contribution >= 4 is 5.78 Å². The fourth-order valence-electron chi connectivity index (χ4n) is 4.14. The molecule has 1 fully saturated rings. The Morgan fingerprint density at radius 2 is 1.74 bits per heavy atom. The first kappa shape index (κ1) is 17.9. The first-order valence-electron chi connectivity index (χ1n) is 9.59. The normalized spacial score (nSPS) is 18.2. The summed E-state index contributed by atoms with van der Waals surface area (Å²) in [7, 11) is 0. The summed E-state index contributed by atoms with van der Waals surface area (Å²) in [6, 6.07) is 11.8. The number of piperidine rings is 1. The Morgan fingerprint density at radius 3 is 2.48 bits per heavy atom. The lowest BCUT2D eigenvalue weighted by Gasteiger charge is -2.38. The molecular weight excluding hydrogens is 342 g/mol. The van der Waals surface area contributed by atoms with Crippen LogP contribution in [0.15, 0.2) is 42.5 Å². The van der Waals surface area contributed by atoms with E-state index in [0.717, 1.165) is 56.6 Å². The highest BCUT2D eigenvalue weighted by atomic mass is 16.5. The molecule has 2 heterocycles. The Kier molecular flexibility index (Phi) is 4.79. The van der Waals surface area contributed by atoms with E-state index in [1.165, 1.54) is 0 Å². The standard InChI is InChI=1S/C22H25NO4/c24-18-5-3-16(4-6-18)20(26)2-1-11-23-12-9-22(10-13-23)15-17-14-19(25)7-8-21(17)27-22/h3-8,14,24-25H,1-2,9-13,15H2. The average molecular weight is 367 g/mol. The minimum atomic E-state index is -0.130. The van der Waals surface area contributed by atoms with Crippen LogP contribution in [0.3, 0.4) is 0 Å². The molecular formula is C22H25NO4. The number of Topliss-reactive ketones (excluding diaryl/α,β-unsaturated/α-hetero) is 1. The molecule has 2 aliphatic rings. The summed E-state index contributed by atoms with van der Waals surface area (Å²) < 4.78 is 6.24. The average Bonchev–Trinajstić information content (AvgIpc) is 3.01. The number of carbonyl (C=O) groups excluding carboxylic acids is 1. The smallest absolute Gasteiger partial charge is 0.162 e. The zero-order valence-corrected chi connectivity index (χ0v) is 15.4. The lowest BCUT2D eigenvalue weighted by atomic mass is 9.87. The van der Waals surface area contributed by atoms with Crippen molar-refractivity contribution in [3.63, 3.8) is 0 Å². The summed E-state index contributed by atoms with van der Waals surface area (Å²) in [5.41, 5.74) is 1.63. The third-order valence-electron chi connectivity index (χ3n) is 5.72. The number of likely N-dealkylation sites (tertiary alicyclic amines) is 1. The Morgan fingerprint density at radius 1 is 1.04 bits per heavy atom. The molecule has 2 aliphatic heterocycles. The molecule has 0 bridgehead atoms. The molecule has 0 atom stereocenters. The number of aromatic hydroxyl groups is 2. The predicted octanol–water partition coefficient (Wildman–Crippen LogP) is 3.53. The Hall–Kier alpha value is -2.53. The zero-order chi connectivity index (χ0) is 18.9. The van der Waals surface area contributed by atoms with Crippen molar-refractivity contribution in [2.45, 2.75) is 37.7 Å². The monoisotopic (exact) mass is 367 g/mol. The number of phenolic OH excluding ortho intramolecular Hbond substituents is 2. The van der Waals surface area contributed by atoms with Crippen LogP contribution in [0.25, 0.3) is 0 Å². The summed E-state index contributed by atoms with van der Waals surface area (Å²) >= 11 is 0. The third-order valence-corrected chi connectivity index (χ3v) is 5.72.